The highest BCUT2D eigenvalue weighted by Crippen LogP contribution is 2.43. The fraction of sp³-hybridized carbons (Fsp3) is 0.136. The van der Waals surface area contributed by atoms with E-state index in [1.165, 1.54) is 5.56 Å². The van der Waals surface area contributed by atoms with E-state index in [4.69, 9.17) is 28.2 Å². The highest BCUT2D eigenvalue weighted by molar-refractivity contribution is 6.42. The Balaban J connectivity index is 1.72. The molecule has 0 saturated heterocycles. The third-order valence-corrected chi connectivity index (χ3v) is 6.05. The van der Waals surface area contributed by atoms with E-state index in [1.54, 1.807) is 0 Å². The number of imidazole rings is 1. The standard InChI is InChI=1S/C22H17Cl2N3/c23-16-10-6-9-15(21(16)24)20-13-18(14-7-2-1-3-8-14)26-22-25-17-11-4-5-12-19(17)27(20)22/h1-12,18,20H,13H2,(H,25,26)/t18-,20-/m1/s1. The summed E-state index contributed by atoms with van der Waals surface area (Å²) in [6.45, 7) is 0. The number of nitrogens with zero attached hydrogens (tertiary/aromatic N) is 2. The maximum absolute atomic E-state index is 6.62. The zero-order valence-electron chi connectivity index (χ0n) is 14.4. The molecule has 1 N–H and O–H groups in total. The number of benzene rings is 3. The first-order valence-corrected chi connectivity index (χ1v) is 9.70. The monoisotopic (exact) mass is 393 g/mol. The molecule has 3 nitrogen and oxygen atoms in total. The Bertz CT molecular complexity index is 1120. The summed E-state index contributed by atoms with van der Waals surface area (Å²) in [5, 5.41) is 4.80. The second-order valence-corrected chi connectivity index (χ2v) is 7.58. The van der Waals surface area contributed by atoms with Crippen LogP contribution >= 0.6 is 23.2 Å². The molecule has 2 heterocycles. The smallest absolute Gasteiger partial charge is 0.204 e. The van der Waals surface area contributed by atoms with Crippen molar-refractivity contribution in [3.8, 4) is 0 Å². The molecule has 0 fully saturated rings. The van der Waals surface area contributed by atoms with Gasteiger partial charge in [0.1, 0.15) is 0 Å². The summed E-state index contributed by atoms with van der Waals surface area (Å²) in [5.74, 6) is 0.859. The molecule has 1 aliphatic heterocycles. The minimum absolute atomic E-state index is 0.0463. The molecule has 1 aliphatic rings. The highest BCUT2D eigenvalue weighted by Gasteiger charge is 2.32. The minimum Gasteiger partial charge on any atom is -0.349 e. The van der Waals surface area contributed by atoms with Crippen LogP contribution in [0.25, 0.3) is 11.0 Å². The number of rotatable bonds is 2. The van der Waals surface area contributed by atoms with Gasteiger partial charge in [0.15, 0.2) is 0 Å². The van der Waals surface area contributed by atoms with Gasteiger partial charge in [0.05, 0.1) is 33.2 Å². The second kappa shape index (κ2) is 6.59. The SMILES string of the molecule is Clc1cccc([C@H]2C[C@H](c3ccccc3)Nc3nc4ccccc4n32)c1Cl. The van der Waals surface area contributed by atoms with Crippen molar-refractivity contribution in [3.63, 3.8) is 0 Å². The van der Waals surface area contributed by atoms with E-state index in [9.17, 15) is 0 Å². The van der Waals surface area contributed by atoms with Crippen molar-refractivity contribution >= 4 is 40.2 Å². The average molecular weight is 394 g/mol. The molecule has 0 radical (unpaired) electrons. The molecule has 0 bridgehead atoms. The van der Waals surface area contributed by atoms with Gasteiger partial charge in [-0.25, -0.2) is 4.98 Å². The lowest BCUT2D eigenvalue weighted by Gasteiger charge is -2.34. The molecular weight excluding hydrogens is 377 g/mol. The van der Waals surface area contributed by atoms with Gasteiger partial charge in [-0.2, -0.15) is 0 Å². The van der Waals surface area contributed by atoms with E-state index < -0.39 is 0 Å². The number of hydrogen-bond acceptors (Lipinski definition) is 2. The Morgan fingerprint density at radius 3 is 2.52 bits per heavy atom. The van der Waals surface area contributed by atoms with Gasteiger partial charge in [-0.3, -0.25) is 0 Å². The Morgan fingerprint density at radius 1 is 0.889 bits per heavy atom. The number of anilines is 1. The van der Waals surface area contributed by atoms with Crippen LogP contribution < -0.4 is 5.32 Å². The summed E-state index contributed by atoms with van der Waals surface area (Å²) in [7, 11) is 0. The van der Waals surface area contributed by atoms with Crippen LogP contribution in [0.4, 0.5) is 5.95 Å². The second-order valence-electron chi connectivity index (χ2n) is 6.80. The first-order chi connectivity index (χ1) is 13.2. The van der Waals surface area contributed by atoms with Crippen molar-refractivity contribution in [2.45, 2.75) is 18.5 Å². The Kier molecular flexibility index (Phi) is 4.07. The van der Waals surface area contributed by atoms with Crippen molar-refractivity contribution in [2.75, 3.05) is 5.32 Å². The van der Waals surface area contributed by atoms with Crippen molar-refractivity contribution in [1.82, 2.24) is 9.55 Å². The molecule has 27 heavy (non-hydrogen) atoms. The van der Waals surface area contributed by atoms with Crippen LogP contribution in [-0.4, -0.2) is 9.55 Å². The first-order valence-electron chi connectivity index (χ1n) is 8.95. The summed E-state index contributed by atoms with van der Waals surface area (Å²) >= 11 is 13.0. The molecule has 4 aromatic rings. The maximum Gasteiger partial charge on any atom is 0.204 e. The van der Waals surface area contributed by atoms with Gasteiger partial charge in [-0.05, 0) is 35.7 Å². The van der Waals surface area contributed by atoms with Crippen molar-refractivity contribution in [3.05, 3.63) is 94.0 Å². The third-order valence-electron chi connectivity index (χ3n) is 5.21. The zero-order valence-corrected chi connectivity index (χ0v) is 16.0. The topological polar surface area (TPSA) is 29.9 Å². The quantitative estimate of drug-likeness (QED) is 0.421. The number of hydrogen-bond donors (Lipinski definition) is 1. The Hall–Kier alpha value is -2.49. The summed E-state index contributed by atoms with van der Waals surface area (Å²) < 4.78 is 2.24. The molecule has 1 aromatic heterocycles. The number of halogens is 2. The van der Waals surface area contributed by atoms with E-state index >= 15 is 0 Å². The van der Waals surface area contributed by atoms with Crippen molar-refractivity contribution < 1.29 is 0 Å². The molecule has 5 rings (SSSR count). The van der Waals surface area contributed by atoms with E-state index in [1.807, 2.05) is 36.4 Å². The van der Waals surface area contributed by atoms with Gasteiger partial charge in [0.2, 0.25) is 5.95 Å². The van der Waals surface area contributed by atoms with Crippen LogP contribution in [0.15, 0.2) is 72.8 Å². The van der Waals surface area contributed by atoms with Crippen molar-refractivity contribution in [1.29, 1.82) is 0 Å². The summed E-state index contributed by atoms with van der Waals surface area (Å²) in [4.78, 5) is 4.83. The predicted molar refractivity (Wildman–Crippen MR) is 112 cm³/mol. The van der Waals surface area contributed by atoms with Crippen LogP contribution in [0.1, 0.15) is 29.6 Å². The molecular formula is C22H17Cl2N3. The molecule has 2 atom stereocenters. The minimum atomic E-state index is 0.0463. The van der Waals surface area contributed by atoms with Gasteiger partial charge in [-0.15, -0.1) is 0 Å². The normalized spacial score (nSPS) is 18.9. The van der Waals surface area contributed by atoms with E-state index in [0.717, 1.165) is 29.0 Å². The summed E-state index contributed by atoms with van der Waals surface area (Å²) in [6.07, 6.45) is 0.859. The lowest BCUT2D eigenvalue weighted by atomic mass is 9.93. The average Bonchev–Trinajstić information content (AvgIpc) is 3.09. The third kappa shape index (κ3) is 2.78. The van der Waals surface area contributed by atoms with Gasteiger partial charge in [0.25, 0.3) is 0 Å². The Labute approximate surface area is 167 Å². The number of para-hydroxylation sites is 2. The van der Waals surface area contributed by atoms with E-state index in [2.05, 4.69) is 46.3 Å². The lowest BCUT2D eigenvalue weighted by Crippen LogP contribution is -2.27. The molecule has 0 saturated carbocycles. The lowest BCUT2D eigenvalue weighted by molar-refractivity contribution is 0.477. The van der Waals surface area contributed by atoms with Crippen molar-refractivity contribution in [2.24, 2.45) is 0 Å². The van der Waals surface area contributed by atoms with Gasteiger partial charge >= 0.3 is 0 Å². The van der Waals surface area contributed by atoms with Gasteiger partial charge in [-0.1, -0.05) is 77.8 Å². The Morgan fingerprint density at radius 2 is 1.67 bits per heavy atom. The van der Waals surface area contributed by atoms with E-state index in [0.29, 0.717) is 10.0 Å². The van der Waals surface area contributed by atoms with Gasteiger partial charge < -0.3 is 9.88 Å². The van der Waals surface area contributed by atoms with E-state index in [-0.39, 0.29) is 12.1 Å². The largest absolute Gasteiger partial charge is 0.349 e. The van der Waals surface area contributed by atoms with Gasteiger partial charge in [0, 0.05) is 0 Å². The molecule has 134 valence electrons. The number of fused-ring (bicyclic) bond motifs is 3. The first kappa shape index (κ1) is 16.7. The molecule has 0 aliphatic carbocycles. The van der Waals surface area contributed by atoms with Crippen LogP contribution in [0.5, 0.6) is 0 Å². The summed E-state index contributed by atoms with van der Waals surface area (Å²) in [6, 6.07) is 24.7. The molecule has 3 aromatic carbocycles. The number of aromatic nitrogens is 2. The summed E-state index contributed by atoms with van der Waals surface area (Å²) in [5.41, 5.74) is 4.32. The van der Waals surface area contributed by atoms with Crippen LogP contribution in [0.2, 0.25) is 10.0 Å². The zero-order chi connectivity index (χ0) is 18.4. The fourth-order valence-corrected chi connectivity index (χ4v) is 4.39. The molecule has 0 unspecified atom stereocenters. The van der Waals surface area contributed by atoms with Crippen LogP contribution in [0.3, 0.4) is 0 Å². The predicted octanol–water partition coefficient (Wildman–Crippen LogP) is 6.49. The number of nitrogens with one attached hydrogen (secondary N) is 1. The molecule has 0 amide bonds. The molecule has 5 heteroatoms. The fourth-order valence-electron chi connectivity index (χ4n) is 3.95. The molecule has 0 spiro atoms. The van der Waals surface area contributed by atoms with Crippen LogP contribution in [-0.2, 0) is 0 Å². The maximum atomic E-state index is 6.62. The highest BCUT2D eigenvalue weighted by atomic mass is 35.5. The van der Waals surface area contributed by atoms with Crippen LogP contribution in [0, 0.1) is 0 Å².